The molecule has 0 aromatic heterocycles. The van der Waals surface area contributed by atoms with Crippen molar-refractivity contribution < 1.29 is 17.6 Å². The third-order valence-electron chi connectivity index (χ3n) is 4.34. The minimum absolute atomic E-state index is 0.138. The minimum atomic E-state index is -3.64. The van der Waals surface area contributed by atoms with Gasteiger partial charge < -0.3 is 5.32 Å². The number of carbonyl (C=O) groups is 1. The van der Waals surface area contributed by atoms with Crippen molar-refractivity contribution >= 4 is 21.6 Å². The number of benzene rings is 2. The molecule has 0 radical (unpaired) electrons. The molecule has 2 aromatic rings. The average molecular weight is 378 g/mol. The van der Waals surface area contributed by atoms with Crippen molar-refractivity contribution in [3.63, 3.8) is 0 Å². The molecule has 0 aliphatic carbocycles. The normalized spacial score (nSPS) is 11.6. The van der Waals surface area contributed by atoms with Crippen LogP contribution in [0.3, 0.4) is 0 Å². The molecule has 0 heterocycles. The average Bonchev–Trinajstić information content (AvgIpc) is 2.60. The van der Waals surface area contributed by atoms with Gasteiger partial charge in [-0.3, -0.25) is 4.79 Å². The summed E-state index contributed by atoms with van der Waals surface area (Å²) in [4.78, 5) is 12.5. The molecule has 0 bridgehead atoms. The molecule has 0 saturated heterocycles. The van der Waals surface area contributed by atoms with E-state index in [1.54, 1.807) is 26.8 Å². The maximum Gasteiger partial charge on any atom is 0.255 e. The van der Waals surface area contributed by atoms with Crippen LogP contribution in [0.15, 0.2) is 41.3 Å². The maximum absolute atomic E-state index is 13.0. The number of nitrogens with one attached hydrogen (secondary N) is 1. The van der Waals surface area contributed by atoms with Crippen LogP contribution in [0.2, 0.25) is 0 Å². The molecule has 0 saturated carbocycles. The molecule has 5 nitrogen and oxygen atoms in total. The lowest BCUT2D eigenvalue weighted by atomic mass is 10.1. The quantitative estimate of drug-likeness (QED) is 0.833. The van der Waals surface area contributed by atoms with Crippen LogP contribution in [0.1, 0.15) is 35.3 Å². The molecular formula is C19H23FN2O3S. The predicted octanol–water partition coefficient (Wildman–Crippen LogP) is 3.73. The van der Waals surface area contributed by atoms with Gasteiger partial charge in [0, 0.05) is 24.3 Å². The van der Waals surface area contributed by atoms with Crippen LogP contribution in [0.25, 0.3) is 0 Å². The van der Waals surface area contributed by atoms with E-state index < -0.39 is 21.7 Å². The molecule has 2 aromatic carbocycles. The van der Waals surface area contributed by atoms with E-state index in [2.05, 4.69) is 5.32 Å². The number of hydrogen-bond acceptors (Lipinski definition) is 3. The molecule has 0 aliphatic heterocycles. The zero-order valence-corrected chi connectivity index (χ0v) is 16.2. The van der Waals surface area contributed by atoms with E-state index in [1.807, 2.05) is 6.92 Å². The third-order valence-corrected chi connectivity index (χ3v) is 6.37. The number of amides is 1. The summed E-state index contributed by atoms with van der Waals surface area (Å²) in [6.07, 6.45) is 0. The van der Waals surface area contributed by atoms with Crippen molar-refractivity contribution in [2.24, 2.45) is 0 Å². The SMILES string of the molecule is CCN(CC)S(=O)(=O)c1cc(C)c(C)c(NC(=O)c2ccc(F)cc2)c1. The van der Waals surface area contributed by atoms with E-state index in [-0.39, 0.29) is 4.90 Å². The Morgan fingerprint density at radius 3 is 2.19 bits per heavy atom. The fourth-order valence-corrected chi connectivity index (χ4v) is 4.18. The molecule has 0 fully saturated rings. The zero-order chi connectivity index (χ0) is 19.5. The van der Waals surface area contributed by atoms with Crippen molar-refractivity contribution in [3.8, 4) is 0 Å². The molecule has 0 atom stereocenters. The molecule has 7 heteroatoms. The molecule has 0 aliphatic rings. The number of anilines is 1. The zero-order valence-electron chi connectivity index (χ0n) is 15.3. The largest absolute Gasteiger partial charge is 0.322 e. The van der Waals surface area contributed by atoms with Crippen LogP contribution in [-0.2, 0) is 10.0 Å². The number of carbonyl (C=O) groups excluding carboxylic acids is 1. The highest BCUT2D eigenvalue weighted by Crippen LogP contribution is 2.26. The first kappa shape index (κ1) is 20.1. The number of sulfonamides is 1. The fraction of sp³-hybridized carbons (Fsp3) is 0.316. The maximum atomic E-state index is 13.0. The Kier molecular flexibility index (Phi) is 6.15. The van der Waals surface area contributed by atoms with Crippen molar-refractivity contribution in [2.45, 2.75) is 32.6 Å². The highest BCUT2D eigenvalue weighted by Gasteiger charge is 2.23. The van der Waals surface area contributed by atoms with Crippen molar-refractivity contribution in [1.82, 2.24) is 4.31 Å². The van der Waals surface area contributed by atoms with Crippen molar-refractivity contribution in [2.75, 3.05) is 18.4 Å². The van der Waals surface area contributed by atoms with Gasteiger partial charge in [-0.1, -0.05) is 13.8 Å². The molecule has 0 spiro atoms. The summed E-state index contributed by atoms with van der Waals surface area (Å²) >= 11 is 0. The summed E-state index contributed by atoms with van der Waals surface area (Å²) < 4.78 is 39.9. The summed E-state index contributed by atoms with van der Waals surface area (Å²) in [5.41, 5.74) is 2.25. The lowest BCUT2D eigenvalue weighted by molar-refractivity contribution is 0.102. The molecule has 2 rings (SSSR count). The Morgan fingerprint density at radius 2 is 1.65 bits per heavy atom. The van der Waals surface area contributed by atoms with Crippen LogP contribution >= 0.6 is 0 Å². The second-order valence-corrected chi connectivity index (χ2v) is 7.90. The lowest BCUT2D eigenvalue weighted by Gasteiger charge is -2.20. The van der Waals surface area contributed by atoms with Gasteiger partial charge in [-0.25, -0.2) is 12.8 Å². The van der Waals surface area contributed by atoms with E-state index >= 15 is 0 Å². The lowest BCUT2D eigenvalue weighted by Crippen LogP contribution is -2.30. The molecule has 140 valence electrons. The summed E-state index contributed by atoms with van der Waals surface area (Å²) in [6, 6.07) is 8.24. The standard InChI is InChI=1S/C19H23FN2O3S/c1-5-22(6-2)26(24,25)17-11-13(3)14(4)18(12-17)21-19(23)15-7-9-16(20)10-8-15/h7-12H,5-6H2,1-4H3,(H,21,23). The Balaban J connectivity index is 2.42. The van der Waals surface area contributed by atoms with Gasteiger partial charge in [0.05, 0.1) is 4.90 Å². The van der Waals surface area contributed by atoms with Crippen LogP contribution in [-0.4, -0.2) is 31.7 Å². The Morgan fingerprint density at radius 1 is 1.08 bits per heavy atom. The molecule has 1 N–H and O–H groups in total. The van der Waals surface area contributed by atoms with Crippen LogP contribution < -0.4 is 5.32 Å². The number of nitrogens with zero attached hydrogens (tertiary/aromatic N) is 1. The van der Waals surface area contributed by atoms with E-state index in [4.69, 9.17) is 0 Å². The summed E-state index contributed by atoms with van der Waals surface area (Å²) in [5, 5.41) is 2.73. The topological polar surface area (TPSA) is 66.5 Å². The van der Waals surface area contributed by atoms with E-state index in [1.165, 1.54) is 34.6 Å². The summed E-state index contributed by atoms with van der Waals surface area (Å²) in [5.74, 6) is -0.856. The van der Waals surface area contributed by atoms with E-state index in [0.717, 1.165) is 11.1 Å². The smallest absolute Gasteiger partial charge is 0.255 e. The Hall–Kier alpha value is -2.25. The molecule has 1 amide bonds. The first-order chi connectivity index (χ1) is 12.2. The fourth-order valence-electron chi connectivity index (χ4n) is 2.61. The first-order valence-electron chi connectivity index (χ1n) is 8.39. The summed E-state index contributed by atoms with van der Waals surface area (Å²) in [7, 11) is -3.64. The van der Waals surface area contributed by atoms with E-state index in [9.17, 15) is 17.6 Å². The highest BCUT2D eigenvalue weighted by atomic mass is 32.2. The third kappa shape index (κ3) is 4.11. The Labute approximate surface area is 153 Å². The van der Waals surface area contributed by atoms with Crippen molar-refractivity contribution in [1.29, 1.82) is 0 Å². The van der Waals surface area contributed by atoms with Crippen LogP contribution in [0.4, 0.5) is 10.1 Å². The second kappa shape index (κ2) is 7.97. The number of aryl methyl sites for hydroxylation is 1. The number of halogens is 1. The van der Waals surface area contributed by atoms with Gasteiger partial charge in [0.2, 0.25) is 10.0 Å². The molecule has 0 unspecified atom stereocenters. The Bertz CT molecular complexity index is 905. The van der Waals surface area contributed by atoms with Crippen molar-refractivity contribution in [3.05, 3.63) is 58.9 Å². The molecular weight excluding hydrogens is 355 g/mol. The second-order valence-electron chi connectivity index (χ2n) is 5.96. The van der Waals surface area contributed by atoms with Gasteiger partial charge in [-0.05, 0) is 61.4 Å². The van der Waals surface area contributed by atoms with Gasteiger partial charge in [0.25, 0.3) is 5.91 Å². The highest BCUT2D eigenvalue weighted by molar-refractivity contribution is 7.89. The summed E-state index contributed by atoms with van der Waals surface area (Å²) in [6.45, 7) is 7.89. The van der Waals surface area contributed by atoms with Crippen LogP contribution in [0.5, 0.6) is 0 Å². The van der Waals surface area contributed by atoms with Gasteiger partial charge >= 0.3 is 0 Å². The van der Waals surface area contributed by atoms with Gasteiger partial charge in [0.1, 0.15) is 5.82 Å². The molecule has 26 heavy (non-hydrogen) atoms. The van der Waals surface area contributed by atoms with Crippen LogP contribution in [0, 0.1) is 19.7 Å². The van der Waals surface area contributed by atoms with Gasteiger partial charge in [0.15, 0.2) is 0 Å². The first-order valence-corrected chi connectivity index (χ1v) is 9.83. The number of rotatable bonds is 6. The predicted molar refractivity (Wildman–Crippen MR) is 100 cm³/mol. The number of hydrogen-bond donors (Lipinski definition) is 1. The monoisotopic (exact) mass is 378 g/mol. The van der Waals surface area contributed by atoms with Gasteiger partial charge in [-0.2, -0.15) is 4.31 Å². The minimum Gasteiger partial charge on any atom is -0.322 e. The van der Waals surface area contributed by atoms with E-state index in [0.29, 0.717) is 24.3 Å². The van der Waals surface area contributed by atoms with Gasteiger partial charge in [-0.15, -0.1) is 0 Å².